The predicted octanol–water partition coefficient (Wildman–Crippen LogP) is 6.40. The first-order valence-corrected chi connectivity index (χ1v) is 13.2. The summed E-state index contributed by atoms with van der Waals surface area (Å²) in [6, 6.07) is 17.0. The molecule has 8 nitrogen and oxygen atoms in total. The van der Waals surface area contributed by atoms with E-state index in [-0.39, 0.29) is 5.75 Å². The van der Waals surface area contributed by atoms with Crippen LogP contribution in [-0.2, 0) is 0 Å². The van der Waals surface area contributed by atoms with Gasteiger partial charge >= 0.3 is 6.36 Å². The van der Waals surface area contributed by atoms with Crippen molar-refractivity contribution in [1.29, 1.82) is 0 Å². The largest absolute Gasteiger partial charge is 0.573 e. The Balaban J connectivity index is 1.26. The third-order valence-electron chi connectivity index (χ3n) is 6.09. The molecule has 40 heavy (non-hydrogen) atoms. The lowest BCUT2D eigenvalue weighted by Gasteiger charge is -2.22. The second-order valence-corrected chi connectivity index (χ2v) is 9.98. The number of hydrogen-bond donors (Lipinski definition) is 0. The first-order valence-electron chi connectivity index (χ1n) is 12.2. The number of rotatable bonds is 7. The van der Waals surface area contributed by atoms with E-state index < -0.39 is 6.36 Å². The number of alkyl halides is 3. The zero-order valence-corrected chi connectivity index (χ0v) is 22.7. The first kappa shape index (κ1) is 27.3. The van der Waals surface area contributed by atoms with Crippen molar-refractivity contribution in [2.24, 2.45) is 10.2 Å². The Kier molecular flexibility index (Phi) is 7.78. The highest BCUT2D eigenvalue weighted by Gasteiger charge is 2.31. The topological polar surface area (TPSA) is 77.1 Å². The molecule has 1 saturated heterocycles. The summed E-state index contributed by atoms with van der Waals surface area (Å²) in [5.74, 6) is 1.94. The zero-order valence-electron chi connectivity index (χ0n) is 21.9. The van der Waals surface area contributed by atoms with Crippen LogP contribution in [0.2, 0.25) is 0 Å². The average molecular weight is 567 g/mol. The maximum absolute atomic E-state index is 12.4. The van der Waals surface area contributed by atoms with Gasteiger partial charge in [-0.3, -0.25) is 0 Å². The highest BCUT2D eigenvalue weighted by molar-refractivity contribution is 8.14. The molecule has 0 aliphatic carbocycles. The summed E-state index contributed by atoms with van der Waals surface area (Å²) in [7, 11) is 1.67. The summed E-state index contributed by atoms with van der Waals surface area (Å²) in [5, 5.41) is 14.1. The molecule has 0 saturated carbocycles. The van der Waals surface area contributed by atoms with Crippen LogP contribution in [0, 0.1) is 13.8 Å². The Morgan fingerprint density at radius 3 is 2.33 bits per heavy atom. The van der Waals surface area contributed by atoms with E-state index in [4.69, 9.17) is 4.74 Å². The predicted molar refractivity (Wildman–Crippen MR) is 151 cm³/mol. The highest BCUT2D eigenvalue weighted by atomic mass is 32.2. The van der Waals surface area contributed by atoms with Gasteiger partial charge < -0.3 is 14.4 Å². The number of aromatic nitrogens is 3. The lowest BCUT2D eigenvalue weighted by atomic mass is 10.1. The number of hydrogen-bond acceptors (Lipinski definition) is 7. The third-order valence-corrected chi connectivity index (χ3v) is 7.04. The van der Waals surface area contributed by atoms with Crippen molar-refractivity contribution in [3.63, 3.8) is 0 Å². The van der Waals surface area contributed by atoms with Gasteiger partial charge in [0.2, 0.25) is 0 Å². The van der Waals surface area contributed by atoms with Crippen LogP contribution in [0.3, 0.4) is 0 Å². The summed E-state index contributed by atoms with van der Waals surface area (Å²) >= 11 is 1.67. The number of nitrogens with zero attached hydrogens (tertiary/aromatic N) is 6. The SMILES string of the molecule is COc1cc(C)c(N2CCS/C2=N\N=C\c2ccc(-c3ncn(-c4ccc(OC(F)(F)F)cc4)n3)cc2)c(C)c1. The molecule has 0 unspecified atom stereocenters. The fourth-order valence-corrected chi connectivity index (χ4v) is 5.24. The molecule has 1 aliphatic rings. The number of anilines is 1. The van der Waals surface area contributed by atoms with Gasteiger partial charge in [-0.2, -0.15) is 5.10 Å². The van der Waals surface area contributed by atoms with Crippen molar-refractivity contribution < 1.29 is 22.6 Å². The van der Waals surface area contributed by atoms with Crippen molar-refractivity contribution >= 4 is 28.8 Å². The van der Waals surface area contributed by atoms with Crippen LogP contribution in [0.15, 0.2) is 77.2 Å². The second-order valence-electron chi connectivity index (χ2n) is 8.91. The maximum Gasteiger partial charge on any atom is 0.573 e. The van der Waals surface area contributed by atoms with Crippen molar-refractivity contribution in [1.82, 2.24) is 14.8 Å². The lowest BCUT2D eigenvalue weighted by Crippen LogP contribution is -2.25. The van der Waals surface area contributed by atoms with Gasteiger partial charge in [0.1, 0.15) is 17.8 Å². The van der Waals surface area contributed by atoms with E-state index in [1.807, 2.05) is 36.4 Å². The Hall–Kier alpha value is -4.32. The molecule has 3 aromatic carbocycles. The molecule has 12 heteroatoms. The second kappa shape index (κ2) is 11.4. The molecule has 0 amide bonds. The number of amidine groups is 1. The molecule has 1 aromatic heterocycles. The molecular formula is C28H25F3N6O2S. The normalized spacial score (nSPS) is 14.8. The molecule has 1 aliphatic heterocycles. The number of ether oxygens (including phenoxy) is 2. The Bertz CT molecular complexity index is 1530. The van der Waals surface area contributed by atoms with Crippen LogP contribution in [0.25, 0.3) is 17.1 Å². The molecule has 2 heterocycles. The van der Waals surface area contributed by atoms with E-state index in [9.17, 15) is 13.2 Å². The number of benzene rings is 3. The number of thioether (sulfide) groups is 1. The van der Waals surface area contributed by atoms with Crippen LogP contribution < -0.4 is 14.4 Å². The lowest BCUT2D eigenvalue weighted by molar-refractivity contribution is -0.274. The van der Waals surface area contributed by atoms with E-state index in [2.05, 4.69) is 43.8 Å². The monoisotopic (exact) mass is 566 g/mol. The van der Waals surface area contributed by atoms with Gasteiger partial charge in [-0.1, -0.05) is 36.0 Å². The van der Waals surface area contributed by atoms with Crippen LogP contribution >= 0.6 is 11.8 Å². The minimum atomic E-state index is -4.74. The van der Waals surface area contributed by atoms with E-state index in [1.165, 1.54) is 35.3 Å². The fourth-order valence-electron chi connectivity index (χ4n) is 4.34. The summed E-state index contributed by atoms with van der Waals surface area (Å²) in [4.78, 5) is 6.51. The summed E-state index contributed by atoms with van der Waals surface area (Å²) in [5.41, 5.74) is 5.56. The van der Waals surface area contributed by atoms with Crippen molar-refractivity contribution in [2.45, 2.75) is 20.2 Å². The van der Waals surface area contributed by atoms with Crippen molar-refractivity contribution in [2.75, 3.05) is 24.3 Å². The standard InChI is InChI=1S/C28H25F3N6O2S/c1-18-14-24(38-3)15-19(2)25(18)36-12-13-40-27(36)34-33-16-20-4-6-21(7-5-20)26-32-17-37(35-26)22-8-10-23(11-9-22)39-28(29,30)31/h4-11,14-17H,12-13H2,1-3H3/b33-16+,34-27-. The van der Waals surface area contributed by atoms with E-state index in [1.54, 1.807) is 25.1 Å². The molecule has 206 valence electrons. The molecular weight excluding hydrogens is 541 g/mol. The maximum atomic E-state index is 12.4. The highest BCUT2D eigenvalue weighted by Crippen LogP contribution is 2.34. The average Bonchev–Trinajstić information content (AvgIpc) is 3.59. The molecule has 0 atom stereocenters. The minimum absolute atomic E-state index is 0.302. The van der Waals surface area contributed by atoms with Crippen LogP contribution in [0.1, 0.15) is 16.7 Å². The molecule has 0 N–H and O–H groups in total. The fraction of sp³-hybridized carbons (Fsp3) is 0.214. The van der Waals surface area contributed by atoms with Crippen molar-refractivity contribution in [3.05, 3.63) is 83.7 Å². The van der Waals surface area contributed by atoms with Crippen molar-refractivity contribution in [3.8, 4) is 28.6 Å². The molecule has 0 radical (unpaired) electrons. The Morgan fingerprint density at radius 1 is 0.975 bits per heavy atom. The first-order chi connectivity index (χ1) is 19.2. The van der Waals surface area contributed by atoms with Gasteiger partial charge in [0, 0.05) is 23.5 Å². The zero-order chi connectivity index (χ0) is 28.3. The minimum Gasteiger partial charge on any atom is -0.497 e. The summed E-state index contributed by atoms with van der Waals surface area (Å²) in [6.45, 7) is 4.99. The molecule has 0 spiro atoms. The van der Waals surface area contributed by atoms with E-state index in [0.717, 1.165) is 51.2 Å². The smallest absolute Gasteiger partial charge is 0.497 e. The summed E-state index contributed by atoms with van der Waals surface area (Å²) in [6.07, 6.45) is -1.55. The van der Waals surface area contributed by atoms with Crippen LogP contribution in [0.4, 0.5) is 18.9 Å². The third kappa shape index (κ3) is 6.28. The van der Waals surface area contributed by atoms with E-state index >= 15 is 0 Å². The van der Waals surface area contributed by atoms with Crippen LogP contribution in [-0.4, -0.2) is 51.9 Å². The molecule has 4 aromatic rings. The van der Waals surface area contributed by atoms with Gasteiger partial charge in [0.15, 0.2) is 11.0 Å². The van der Waals surface area contributed by atoms with Gasteiger partial charge in [-0.25, -0.2) is 9.67 Å². The molecule has 1 fully saturated rings. The van der Waals surface area contributed by atoms with Gasteiger partial charge in [-0.15, -0.1) is 23.4 Å². The number of methoxy groups -OCH3 is 1. The van der Waals surface area contributed by atoms with Gasteiger partial charge in [-0.05, 0) is 66.9 Å². The van der Waals surface area contributed by atoms with Gasteiger partial charge in [0.05, 0.1) is 19.0 Å². The molecule has 0 bridgehead atoms. The number of halogens is 3. The van der Waals surface area contributed by atoms with Gasteiger partial charge in [0.25, 0.3) is 0 Å². The quantitative estimate of drug-likeness (QED) is 0.190. The number of aryl methyl sites for hydroxylation is 2. The Labute approximate surface area is 233 Å². The van der Waals surface area contributed by atoms with Crippen LogP contribution in [0.5, 0.6) is 11.5 Å². The molecule has 5 rings (SSSR count). The Morgan fingerprint density at radius 2 is 1.68 bits per heavy atom. The van der Waals surface area contributed by atoms with E-state index in [0.29, 0.717) is 11.5 Å². The summed E-state index contributed by atoms with van der Waals surface area (Å²) < 4.78 is 47.9.